The number of ether oxygens (including phenoxy) is 2. The molecule has 3 aliphatic rings. The van der Waals surface area contributed by atoms with E-state index in [0.29, 0.717) is 37.8 Å². The Bertz CT molecular complexity index is 1330. The first kappa shape index (κ1) is 28.1. The Hall–Kier alpha value is -3.49. The molecule has 8 heteroatoms. The van der Waals surface area contributed by atoms with E-state index in [9.17, 15) is 19.5 Å². The average molecular weight is 547 g/mol. The van der Waals surface area contributed by atoms with Gasteiger partial charge in [-0.05, 0) is 55.0 Å². The first-order valence-corrected chi connectivity index (χ1v) is 14.2. The summed E-state index contributed by atoms with van der Waals surface area (Å²) in [5, 5.41) is 11.9. The predicted molar refractivity (Wildman–Crippen MR) is 153 cm³/mol. The number of fused-ring (bicyclic) bond motifs is 2. The van der Waals surface area contributed by atoms with E-state index in [2.05, 4.69) is 13.2 Å². The van der Waals surface area contributed by atoms with Gasteiger partial charge in [0, 0.05) is 18.8 Å². The Labute approximate surface area is 235 Å². The van der Waals surface area contributed by atoms with E-state index in [0.717, 1.165) is 10.8 Å². The van der Waals surface area contributed by atoms with Crippen LogP contribution in [0.4, 0.5) is 5.69 Å². The maximum Gasteiger partial charge on any atom is 0.312 e. The highest BCUT2D eigenvalue weighted by Crippen LogP contribution is 2.64. The van der Waals surface area contributed by atoms with Crippen LogP contribution in [0.1, 0.15) is 39.0 Å². The number of allylic oxidation sites excluding steroid dienone is 1. The largest absolute Gasteiger partial charge is 0.465 e. The van der Waals surface area contributed by atoms with Crippen LogP contribution in [-0.2, 0) is 23.9 Å². The molecule has 0 saturated carbocycles. The van der Waals surface area contributed by atoms with Gasteiger partial charge in [-0.25, -0.2) is 0 Å². The first-order valence-electron chi connectivity index (χ1n) is 14.2. The SMILES string of the molecule is C=CCCCOC(=O)[C@H]1[C@H]2C(=O)N(CCO)C(C(=O)N(CC=C)c3ccc4ccccc4c3)C23CC[C@]1(CC)O3. The lowest BCUT2D eigenvalue weighted by atomic mass is 9.65. The highest BCUT2D eigenvalue weighted by atomic mass is 16.6. The van der Waals surface area contributed by atoms with Gasteiger partial charge in [-0.2, -0.15) is 0 Å². The van der Waals surface area contributed by atoms with E-state index in [1.165, 1.54) is 4.90 Å². The average Bonchev–Trinajstić information content (AvgIpc) is 3.57. The minimum atomic E-state index is -1.18. The molecular formula is C32H38N2O6. The van der Waals surface area contributed by atoms with Crippen LogP contribution < -0.4 is 4.90 Å². The van der Waals surface area contributed by atoms with Gasteiger partial charge in [-0.1, -0.05) is 49.4 Å². The number of hydrogen-bond donors (Lipinski definition) is 1. The number of esters is 1. The molecule has 2 unspecified atom stereocenters. The lowest BCUT2D eigenvalue weighted by Crippen LogP contribution is -2.56. The quantitative estimate of drug-likeness (QED) is 0.246. The highest BCUT2D eigenvalue weighted by Gasteiger charge is 2.79. The van der Waals surface area contributed by atoms with Crippen molar-refractivity contribution in [2.45, 2.75) is 56.3 Å². The molecule has 0 aromatic heterocycles. The smallest absolute Gasteiger partial charge is 0.312 e. The molecule has 5 rings (SSSR count). The summed E-state index contributed by atoms with van der Waals surface area (Å²) in [7, 11) is 0. The normalized spacial score (nSPS) is 28.5. The summed E-state index contributed by atoms with van der Waals surface area (Å²) in [6.45, 7) is 9.63. The number of anilines is 1. The summed E-state index contributed by atoms with van der Waals surface area (Å²) in [6, 6.07) is 12.7. The highest BCUT2D eigenvalue weighted by molar-refractivity contribution is 6.05. The van der Waals surface area contributed by atoms with Crippen LogP contribution >= 0.6 is 0 Å². The minimum Gasteiger partial charge on any atom is -0.465 e. The van der Waals surface area contributed by atoms with Gasteiger partial charge in [-0.3, -0.25) is 14.4 Å². The molecule has 212 valence electrons. The summed E-state index contributed by atoms with van der Waals surface area (Å²) in [6.07, 6.45) is 6.32. The summed E-state index contributed by atoms with van der Waals surface area (Å²) >= 11 is 0. The maximum absolute atomic E-state index is 14.5. The molecule has 2 aromatic rings. The lowest BCUT2D eigenvalue weighted by molar-refractivity contribution is -0.161. The molecule has 3 aliphatic heterocycles. The lowest BCUT2D eigenvalue weighted by Gasteiger charge is -2.36. The molecule has 3 fully saturated rings. The van der Waals surface area contributed by atoms with Crippen molar-refractivity contribution in [3.8, 4) is 0 Å². The van der Waals surface area contributed by atoms with E-state index in [-0.39, 0.29) is 38.1 Å². The number of aliphatic hydroxyl groups excluding tert-OH is 1. The van der Waals surface area contributed by atoms with E-state index in [1.807, 2.05) is 49.4 Å². The monoisotopic (exact) mass is 546 g/mol. The Morgan fingerprint density at radius 1 is 1.18 bits per heavy atom. The van der Waals surface area contributed by atoms with Crippen molar-refractivity contribution in [3.05, 3.63) is 67.8 Å². The molecule has 0 radical (unpaired) electrons. The molecule has 1 spiro atoms. The molecule has 2 aromatic carbocycles. The Morgan fingerprint density at radius 3 is 2.65 bits per heavy atom. The molecule has 0 aliphatic carbocycles. The van der Waals surface area contributed by atoms with Gasteiger partial charge in [0.1, 0.15) is 17.6 Å². The second-order valence-electron chi connectivity index (χ2n) is 11.0. The third-order valence-corrected chi connectivity index (χ3v) is 8.93. The number of rotatable bonds is 12. The maximum atomic E-state index is 14.5. The van der Waals surface area contributed by atoms with Crippen molar-refractivity contribution in [3.63, 3.8) is 0 Å². The Kier molecular flexibility index (Phi) is 7.84. The predicted octanol–water partition coefficient (Wildman–Crippen LogP) is 4.02. The zero-order chi connectivity index (χ0) is 28.5. The van der Waals surface area contributed by atoms with Crippen molar-refractivity contribution in [1.29, 1.82) is 0 Å². The third-order valence-electron chi connectivity index (χ3n) is 8.93. The first-order chi connectivity index (χ1) is 19.4. The van der Waals surface area contributed by atoms with Crippen LogP contribution in [0.3, 0.4) is 0 Å². The van der Waals surface area contributed by atoms with Crippen LogP contribution in [0.25, 0.3) is 10.8 Å². The van der Waals surface area contributed by atoms with Crippen LogP contribution in [0.5, 0.6) is 0 Å². The zero-order valence-electron chi connectivity index (χ0n) is 23.1. The standard InChI is InChI=1S/C32H38N2O6/c1-4-7-10-20-39-30(38)26-25-28(36)34(18-19-35)27(32(25)16-15-31(26,6-3)40-32)29(37)33(17-5-2)24-14-13-22-11-8-9-12-23(22)21-24/h4-5,8-9,11-14,21,25-27,35H,1-2,6-7,10,15-20H2,3H3/t25-,26+,27?,31-,32?/m0/s1. The van der Waals surface area contributed by atoms with Gasteiger partial charge in [0.2, 0.25) is 5.91 Å². The van der Waals surface area contributed by atoms with Crippen LogP contribution in [0, 0.1) is 11.8 Å². The molecule has 3 heterocycles. The third kappa shape index (κ3) is 4.34. The molecule has 5 atom stereocenters. The number of nitrogens with zero attached hydrogens (tertiary/aromatic N) is 2. The van der Waals surface area contributed by atoms with Gasteiger partial charge >= 0.3 is 5.97 Å². The fourth-order valence-electron chi connectivity index (χ4n) is 7.14. The minimum absolute atomic E-state index is 0.0310. The number of β-amino-alcohol motifs (C(OH)–C–C–N with tert-alkyl or cyclic N) is 1. The summed E-state index contributed by atoms with van der Waals surface area (Å²) in [4.78, 5) is 45.1. The van der Waals surface area contributed by atoms with Crippen LogP contribution in [0.2, 0.25) is 0 Å². The summed E-state index contributed by atoms with van der Waals surface area (Å²) in [5.41, 5.74) is -1.37. The fourth-order valence-corrected chi connectivity index (χ4v) is 7.14. The number of benzene rings is 2. The van der Waals surface area contributed by atoms with Crippen molar-refractivity contribution in [2.75, 3.05) is 31.2 Å². The van der Waals surface area contributed by atoms with Crippen molar-refractivity contribution >= 4 is 34.2 Å². The number of aliphatic hydroxyl groups is 1. The Morgan fingerprint density at radius 2 is 1.95 bits per heavy atom. The van der Waals surface area contributed by atoms with Crippen molar-refractivity contribution < 1.29 is 29.0 Å². The second-order valence-corrected chi connectivity index (χ2v) is 11.0. The number of carbonyl (C=O) groups is 3. The van der Waals surface area contributed by atoms with Gasteiger partial charge in [0.15, 0.2) is 0 Å². The molecule has 40 heavy (non-hydrogen) atoms. The second kappa shape index (κ2) is 11.2. The van der Waals surface area contributed by atoms with E-state index >= 15 is 0 Å². The summed E-state index contributed by atoms with van der Waals surface area (Å²) in [5.74, 6) is -2.77. The van der Waals surface area contributed by atoms with Crippen molar-refractivity contribution in [1.82, 2.24) is 4.90 Å². The molecule has 1 N–H and O–H groups in total. The zero-order valence-corrected chi connectivity index (χ0v) is 23.1. The van der Waals surface area contributed by atoms with Gasteiger partial charge in [-0.15, -0.1) is 13.2 Å². The van der Waals surface area contributed by atoms with E-state index in [1.54, 1.807) is 17.1 Å². The number of hydrogen-bond acceptors (Lipinski definition) is 6. The number of amides is 2. The fraction of sp³-hybridized carbons (Fsp3) is 0.469. The van der Waals surface area contributed by atoms with E-state index in [4.69, 9.17) is 9.47 Å². The van der Waals surface area contributed by atoms with Crippen LogP contribution in [0.15, 0.2) is 67.8 Å². The van der Waals surface area contributed by atoms with Crippen LogP contribution in [-0.4, -0.2) is 71.3 Å². The number of carbonyl (C=O) groups excluding carboxylic acids is 3. The van der Waals surface area contributed by atoms with Gasteiger partial charge < -0.3 is 24.4 Å². The number of likely N-dealkylation sites (tertiary alicyclic amines) is 1. The van der Waals surface area contributed by atoms with E-state index < -0.39 is 35.0 Å². The summed E-state index contributed by atoms with van der Waals surface area (Å²) < 4.78 is 12.4. The molecule has 3 saturated heterocycles. The molecule has 2 amide bonds. The topological polar surface area (TPSA) is 96.4 Å². The molecular weight excluding hydrogens is 508 g/mol. The molecule has 2 bridgehead atoms. The Balaban J connectivity index is 1.54. The number of unbranched alkanes of at least 4 members (excludes halogenated alkanes) is 1. The molecule has 8 nitrogen and oxygen atoms in total. The van der Waals surface area contributed by atoms with Crippen molar-refractivity contribution in [2.24, 2.45) is 11.8 Å². The van der Waals surface area contributed by atoms with Gasteiger partial charge in [0.05, 0.1) is 24.7 Å². The van der Waals surface area contributed by atoms with Gasteiger partial charge in [0.25, 0.3) is 5.91 Å².